The molecule has 21 heavy (non-hydrogen) atoms. The normalized spacial score (nSPS) is 21.1. The fourth-order valence-corrected chi connectivity index (χ4v) is 2.34. The highest BCUT2D eigenvalue weighted by molar-refractivity contribution is 5.81. The van der Waals surface area contributed by atoms with E-state index < -0.39 is 6.10 Å². The molecule has 1 aliphatic heterocycles. The topological polar surface area (TPSA) is 94.6 Å². The van der Waals surface area contributed by atoms with Gasteiger partial charge in [0.15, 0.2) is 0 Å². The van der Waals surface area contributed by atoms with Gasteiger partial charge >= 0.3 is 0 Å². The summed E-state index contributed by atoms with van der Waals surface area (Å²) in [5.41, 5.74) is 0. The van der Waals surface area contributed by atoms with Crippen LogP contribution in [0, 0.1) is 5.92 Å². The highest BCUT2D eigenvalue weighted by Crippen LogP contribution is 2.20. The average molecular weight is 292 g/mol. The molecule has 2 atom stereocenters. The van der Waals surface area contributed by atoms with E-state index in [4.69, 9.17) is 0 Å². The lowest BCUT2D eigenvalue weighted by Gasteiger charge is -2.16. The monoisotopic (exact) mass is 292 g/mol. The fourth-order valence-electron chi connectivity index (χ4n) is 2.34. The molecule has 0 saturated carbocycles. The van der Waals surface area contributed by atoms with Crippen molar-refractivity contribution < 1.29 is 14.7 Å². The number of aromatic nitrogens is 1. The van der Waals surface area contributed by atoms with E-state index >= 15 is 0 Å². The van der Waals surface area contributed by atoms with Crippen molar-refractivity contribution in [1.29, 1.82) is 0 Å². The molecular formula is C14H20N4O3. The molecule has 2 amide bonds. The maximum atomic E-state index is 12.1. The van der Waals surface area contributed by atoms with Gasteiger partial charge in [0.1, 0.15) is 5.82 Å². The van der Waals surface area contributed by atoms with Crippen LogP contribution >= 0.6 is 0 Å². The van der Waals surface area contributed by atoms with Gasteiger partial charge < -0.3 is 20.6 Å². The fraction of sp³-hybridized carbons (Fsp3) is 0.500. The number of aliphatic hydroxyl groups excluding tert-OH is 1. The van der Waals surface area contributed by atoms with Crippen molar-refractivity contribution in [2.24, 2.45) is 5.92 Å². The van der Waals surface area contributed by atoms with Gasteiger partial charge in [-0.15, -0.1) is 0 Å². The Labute approximate surface area is 123 Å². The Morgan fingerprint density at radius 2 is 2.24 bits per heavy atom. The molecule has 0 aromatic carbocycles. The number of hydrogen-bond donors (Lipinski definition) is 3. The summed E-state index contributed by atoms with van der Waals surface area (Å²) in [5, 5.41) is 15.4. The van der Waals surface area contributed by atoms with Crippen LogP contribution in [0.3, 0.4) is 0 Å². The van der Waals surface area contributed by atoms with Crippen LogP contribution in [0.15, 0.2) is 24.4 Å². The first-order valence-electron chi connectivity index (χ1n) is 6.91. The van der Waals surface area contributed by atoms with Crippen LogP contribution in [0.4, 0.5) is 5.82 Å². The summed E-state index contributed by atoms with van der Waals surface area (Å²) < 4.78 is 0. The number of carbonyl (C=O) groups excluding carboxylic acids is 2. The Balaban J connectivity index is 1.82. The molecule has 1 aliphatic rings. The number of nitrogens with zero attached hydrogens (tertiary/aromatic N) is 2. The van der Waals surface area contributed by atoms with Gasteiger partial charge in [0.2, 0.25) is 11.8 Å². The Bertz CT molecular complexity index is 494. The highest BCUT2D eigenvalue weighted by Gasteiger charge is 2.34. The SMILES string of the molecule is CNC(=O)C[C@@H]1CN(C(=O)CNc2ccccn2)C[C@H]1O. The minimum absolute atomic E-state index is 0.112. The first kappa shape index (κ1) is 15.2. The van der Waals surface area contributed by atoms with Gasteiger partial charge in [-0.05, 0) is 12.1 Å². The predicted octanol–water partition coefficient (Wildman–Crippen LogP) is -0.551. The lowest BCUT2D eigenvalue weighted by Crippen LogP contribution is -2.34. The smallest absolute Gasteiger partial charge is 0.242 e. The van der Waals surface area contributed by atoms with Gasteiger partial charge in [-0.2, -0.15) is 0 Å². The molecule has 1 saturated heterocycles. The van der Waals surface area contributed by atoms with Crippen LogP contribution < -0.4 is 10.6 Å². The van der Waals surface area contributed by atoms with Crippen molar-refractivity contribution in [3.8, 4) is 0 Å². The lowest BCUT2D eigenvalue weighted by atomic mass is 10.0. The lowest BCUT2D eigenvalue weighted by molar-refractivity contribution is -0.129. The molecule has 0 unspecified atom stereocenters. The number of anilines is 1. The van der Waals surface area contributed by atoms with Gasteiger partial charge in [0.25, 0.3) is 0 Å². The summed E-state index contributed by atoms with van der Waals surface area (Å²) >= 11 is 0. The minimum atomic E-state index is -0.652. The molecular weight excluding hydrogens is 272 g/mol. The minimum Gasteiger partial charge on any atom is -0.391 e. The second-order valence-corrected chi connectivity index (χ2v) is 5.07. The second-order valence-electron chi connectivity index (χ2n) is 5.07. The van der Waals surface area contributed by atoms with Gasteiger partial charge in [0, 0.05) is 38.7 Å². The maximum Gasteiger partial charge on any atom is 0.242 e. The molecule has 114 valence electrons. The van der Waals surface area contributed by atoms with Crippen LogP contribution in [0.2, 0.25) is 0 Å². The van der Waals surface area contributed by atoms with Crippen molar-refractivity contribution in [3.05, 3.63) is 24.4 Å². The third kappa shape index (κ3) is 4.16. The molecule has 0 spiro atoms. The van der Waals surface area contributed by atoms with Crippen molar-refractivity contribution in [2.45, 2.75) is 12.5 Å². The Morgan fingerprint density at radius 1 is 1.43 bits per heavy atom. The quantitative estimate of drug-likeness (QED) is 0.677. The molecule has 0 bridgehead atoms. The van der Waals surface area contributed by atoms with Crippen LogP contribution in [-0.2, 0) is 9.59 Å². The zero-order chi connectivity index (χ0) is 15.2. The molecule has 3 N–H and O–H groups in total. The van der Waals surface area contributed by atoms with Crippen molar-refractivity contribution in [2.75, 3.05) is 32.0 Å². The van der Waals surface area contributed by atoms with Crippen molar-refractivity contribution in [1.82, 2.24) is 15.2 Å². The number of amides is 2. The van der Waals surface area contributed by atoms with Gasteiger partial charge in [-0.3, -0.25) is 9.59 Å². The number of carbonyl (C=O) groups is 2. The summed E-state index contributed by atoms with van der Waals surface area (Å²) in [5.74, 6) is 0.190. The summed E-state index contributed by atoms with van der Waals surface area (Å²) in [6.45, 7) is 0.790. The van der Waals surface area contributed by atoms with Crippen LogP contribution in [0.25, 0.3) is 0 Å². The second kappa shape index (κ2) is 7.03. The van der Waals surface area contributed by atoms with E-state index in [1.807, 2.05) is 6.07 Å². The van der Waals surface area contributed by atoms with Gasteiger partial charge in [-0.25, -0.2) is 4.98 Å². The maximum absolute atomic E-state index is 12.1. The summed E-state index contributed by atoms with van der Waals surface area (Å²) in [6, 6.07) is 5.41. The molecule has 0 aliphatic carbocycles. The molecule has 2 rings (SSSR count). The number of aliphatic hydroxyl groups is 1. The Hall–Kier alpha value is -2.15. The van der Waals surface area contributed by atoms with E-state index in [0.29, 0.717) is 12.4 Å². The molecule has 0 radical (unpaired) electrons. The van der Waals surface area contributed by atoms with E-state index in [1.54, 1.807) is 30.3 Å². The third-order valence-corrected chi connectivity index (χ3v) is 3.57. The van der Waals surface area contributed by atoms with Crippen molar-refractivity contribution >= 4 is 17.6 Å². The van der Waals surface area contributed by atoms with Gasteiger partial charge in [0.05, 0.1) is 12.6 Å². The number of rotatable bonds is 5. The van der Waals surface area contributed by atoms with E-state index in [-0.39, 0.29) is 37.2 Å². The van der Waals surface area contributed by atoms with E-state index in [9.17, 15) is 14.7 Å². The Morgan fingerprint density at radius 3 is 2.90 bits per heavy atom. The number of hydrogen-bond acceptors (Lipinski definition) is 5. The largest absolute Gasteiger partial charge is 0.391 e. The molecule has 1 aromatic heterocycles. The molecule has 1 fully saturated rings. The van der Waals surface area contributed by atoms with Gasteiger partial charge in [-0.1, -0.05) is 6.07 Å². The van der Waals surface area contributed by atoms with E-state index in [1.165, 1.54) is 0 Å². The third-order valence-electron chi connectivity index (χ3n) is 3.57. The number of nitrogens with one attached hydrogen (secondary N) is 2. The summed E-state index contributed by atoms with van der Waals surface area (Å²) in [7, 11) is 1.56. The molecule has 1 aromatic rings. The summed E-state index contributed by atoms with van der Waals surface area (Å²) in [4.78, 5) is 29.1. The van der Waals surface area contributed by atoms with E-state index in [2.05, 4.69) is 15.6 Å². The number of likely N-dealkylation sites (tertiary alicyclic amines) is 1. The average Bonchev–Trinajstić information content (AvgIpc) is 2.87. The molecule has 7 heteroatoms. The van der Waals surface area contributed by atoms with Crippen LogP contribution in [0.5, 0.6) is 0 Å². The first-order chi connectivity index (χ1) is 10.1. The number of pyridine rings is 1. The van der Waals surface area contributed by atoms with Crippen molar-refractivity contribution in [3.63, 3.8) is 0 Å². The zero-order valence-electron chi connectivity index (χ0n) is 12.0. The zero-order valence-corrected chi connectivity index (χ0v) is 12.0. The first-order valence-corrected chi connectivity index (χ1v) is 6.91. The molecule has 7 nitrogen and oxygen atoms in total. The van der Waals surface area contributed by atoms with E-state index in [0.717, 1.165) is 0 Å². The Kier molecular flexibility index (Phi) is 5.10. The highest BCUT2D eigenvalue weighted by atomic mass is 16.3. The summed E-state index contributed by atoms with van der Waals surface area (Å²) in [6.07, 6.45) is 1.22. The van der Waals surface area contributed by atoms with Crippen LogP contribution in [0.1, 0.15) is 6.42 Å². The predicted molar refractivity (Wildman–Crippen MR) is 77.5 cm³/mol. The molecule has 2 heterocycles. The standard InChI is InChI=1S/C14H20N4O3/c1-15-13(20)6-10-8-18(9-11(10)19)14(21)7-17-12-4-2-3-5-16-12/h2-5,10-11,19H,6-9H2,1H3,(H,15,20)(H,16,17)/t10-,11-/m1/s1. The van der Waals surface area contributed by atoms with Crippen LogP contribution in [-0.4, -0.2) is 59.6 Å². The number of β-amino-alcohol motifs (C(OH)–C–C–N with tert-alkyl or cyclic N) is 1.